The van der Waals surface area contributed by atoms with Gasteiger partial charge in [0.15, 0.2) is 11.6 Å². The van der Waals surface area contributed by atoms with Gasteiger partial charge >= 0.3 is 0 Å². The Kier molecular flexibility index (Phi) is 1.52. The maximum atomic E-state index is 11.4. The number of carbonyl (C=O) groups excluding carboxylic acids is 2. The number of hydrogen-bond acceptors (Lipinski definition) is 4. The van der Waals surface area contributed by atoms with Gasteiger partial charge in [0, 0.05) is 0 Å². The number of carbonyl (C=O) groups is 2. The summed E-state index contributed by atoms with van der Waals surface area (Å²) in [4.78, 5) is 22.8. The summed E-state index contributed by atoms with van der Waals surface area (Å²) in [7, 11) is 0. The molecule has 0 aliphatic heterocycles. The van der Waals surface area contributed by atoms with Crippen molar-refractivity contribution in [2.45, 2.75) is 12.2 Å². The lowest BCUT2D eigenvalue weighted by atomic mass is 9.86. The largest absolute Gasteiger partial charge is 0.382 e. The zero-order chi connectivity index (χ0) is 9.64. The molecule has 1 spiro atoms. The first kappa shape index (κ1) is 8.34. The minimum Gasteiger partial charge on any atom is -0.382 e. The van der Waals surface area contributed by atoms with Crippen LogP contribution in [0.3, 0.4) is 0 Å². The number of rotatable bonds is 0. The van der Waals surface area contributed by atoms with Crippen molar-refractivity contribution in [3.63, 3.8) is 0 Å². The predicted octanol–water partition coefficient (Wildman–Crippen LogP) is -1.03. The monoisotopic (exact) mass is 180 g/mol. The van der Waals surface area contributed by atoms with Crippen LogP contribution in [0.5, 0.6) is 0 Å². The first-order chi connectivity index (χ1) is 6.09. The standard InChI is InChI=1S/C9H8O4/c10-5-6(11)8(13)9(7(5)12)3-1-2-4-9/h1-6,10-11H. The molecule has 0 aromatic heterocycles. The normalized spacial score (nSPS) is 35.2. The highest BCUT2D eigenvalue weighted by Crippen LogP contribution is 2.37. The van der Waals surface area contributed by atoms with Gasteiger partial charge in [-0.2, -0.15) is 0 Å². The van der Waals surface area contributed by atoms with Crippen molar-refractivity contribution >= 4 is 11.6 Å². The molecule has 2 atom stereocenters. The molecule has 0 heterocycles. The quantitative estimate of drug-likeness (QED) is 0.467. The molecule has 0 radical (unpaired) electrons. The summed E-state index contributed by atoms with van der Waals surface area (Å²) < 4.78 is 0. The van der Waals surface area contributed by atoms with Crippen LogP contribution in [0, 0.1) is 5.41 Å². The van der Waals surface area contributed by atoms with E-state index in [-0.39, 0.29) is 0 Å². The molecule has 0 amide bonds. The summed E-state index contributed by atoms with van der Waals surface area (Å²) in [5.74, 6) is -1.29. The maximum Gasteiger partial charge on any atom is 0.185 e. The fourth-order valence-corrected chi connectivity index (χ4v) is 1.70. The molecule has 1 saturated carbocycles. The molecule has 68 valence electrons. The van der Waals surface area contributed by atoms with E-state index in [0.717, 1.165) is 0 Å². The number of aliphatic hydroxyl groups excluding tert-OH is 2. The van der Waals surface area contributed by atoms with E-state index >= 15 is 0 Å². The number of Topliss-reactive ketones (excluding diaryl/α,β-unsaturated/α-hetero) is 2. The molecule has 4 nitrogen and oxygen atoms in total. The SMILES string of the molecule is O=C1C(O)C(O)C(=O)C12C=CC=C2. The summed E-state index contributed by atoms with van der Waals surface area (Å²) in [5.41, 5.74) is -1.39. The van der Waals surface area contributed by atoms with E-state index in [0.29, 0.717) is 0 Å². The second-order valence-electron chi connectivity index (χ2n) is 3.21. The summed E-state index contributed by atoms with van der Waals surface area (Å²) in [5, 5.41) is 18.3. The van der Waals surface area contributed by atoms with Crippen molar-refractivity contribution in [2.24, 2.45) is 5.41 Å². The minimum atomic E-state index is -1.58. The van der Waals surface area contributed by atoms with Gasteiger partial charge in [-0.05, 0) is 0 Å². The van der Waals surface area contributed by atoms with Gasteiger partial charge in [0.1, 0.15) is 17.6 Å². The van der Waals surface area contributed by atoms with Gasteiger partial charge in [-0.3, -0.25) is 9.59 Å². The zero-order valence-electron chi connectivity index (χ0n) is 6.68. The number of hydrogen-bond donors (Lipinski definition) is 2. The third-order valence-corrected chi connectivity index (χ3v) is 2.48. The van der Waals surface area contributed by atoms with Crippen LogP contribution in [0.25, 0.3) is 0 Å². The summed E-state index contributed by atoms with van der Waals surface area (Å²) in [6, 6.07) is 0. The minimum absolute atomic E-state index is 0.644. The van der Waals surface area contributed by atoms with Gasteiger partial charge in [-0.15, -0.1) is 0 Å². The van der Waals surface area contributed by atoms with Gasteiger partial charge in [0.25, 0.3) is 0 Å². The molecule has 2 aliphatic carbocycles. The summed E-state index contributed by atoms with van der Waals surface area (Å²) in [6.45, 7) is 0. The molecule has 0 aromatic carbocycles. The van der Waals surface area contributed by atoms with Crippen LogP contribution in [-0.4, -0.2) is 34.0 Å². The molecule has 1 fully saturated rings. The van der Waals surface area contributed by atoms with Gasteiger partial charge in [-0.25, -0.2) is 0 Å². The molecule has 0 bridgehead atoms. The van der Waals surface area contributed by atoms with Crippen molar-refractivity contribution in [1.82, 2.24) is 0 Å². The average molecular weight is 180 g/mol. The Bertz CT molecular complexity index is 306. The Balaban J connectivity index is 2.52. The van der Waals surface area contributed by atoms with Crippen LogP contribution in [0.4, 0.5) is 0 Å². The first-order valence-corrected chi connectivity index (χ1v) is 3.91. The van der Waals surface area contributed by atoms with Crippen molar-refractivity contribution in [3.05, 3.63) is 24.3 Å². The molecule has 4 heteroatoms. The van der Waals surface area contributed by atoms with E-state index < -0.39 is 29.2 Å². The average Bonchev–Trinajstić information content (AvgIpc) is 2.67. The van der Waals surface area contributed by atoms with E-state index in [1.54, 1.807) is 12.2 Å². The van der Waals surface area contributed by atoms with Gasteiger partial charge in [-0.1, -0.05) is 24.3 Å². The van der Waals surface area contributed by atoms with Gasteiger partial charge in [0.05, 0.1) is 0 Å². The van der Waals surface area contributed by atoms with E-state index in [2.05, 4.69) is 0 Å². The lowest BCUT2D eigenvalue weighted by molar-refractivity contribution is -0.131. The Morgan fingerprint density at radius 1 is 1.00 bits per heavy atom. The molecule has 2 aliphatic rings. The molecule has 2 rings (SSSR count). The van der Waals surface area contributed by atoms with E-state index in [4.69, 9.17) is 0 Å². The second kappa shape index (κ2) is 2.37. The van der Waals surface area contributed by atoms with E-state index in [1.165, 1.54) is 12.2 Å². The van der Waals surface area contributed by atoms with Crippen molar-refractivity contribution < 1.29 is 19.8 Å². The van der Waals surface area contributed by atoms with Crippen molar-refractivity contribution in [1.29, 1.82) is 0 Å². The molecule has 13 heavy (non-hydrogen) atoms. The highest BCUT2D eigenvalue weighted by atomic mass is 16.3. The fourth-order valence-electron chi connectivity index (χ4n) is 1.70. The third kappa shape index (κ3) is 0.814. The number of ketones is 2. The van der Waals surface area contributed by atoms with Gasteiger partial charge < -0.3 is 10.2 Å². The Hall–Kier alpha value is -1.26. The van der Waals surface area contributed by atoms with Crippen LogP contribution in [0.1, 0.15) is 0 Å². The summed E-state index contributed by atoms with van der Waals surface area (Å²) in [6.07, 6.45) is 2.75. The van der Waals surface area contributed by atoms with E-state index in [9.17, 15) is 19.8 Å². The lowest BCUT2D eigenvalue weighted by Gasteiger charge is -2.12. The van der Waals surface area contributed by atoms with Gasteiger partial charge in [0.2, 0.25) is 0 Å². The smallest absolute Gasteiger partial charge is 0.185 e. The van der Waals surface area contributed by atoms with Crippen LogP contribution in [0.15, 0.2) is 24.3 Å². The topological polar surface area (TPSA) is 74.6 Å². The Morgan fingerprint density at radius 3 is 1.77 bits per heavy atom. The highest BCUT2D eigenvalue weighted by molar-refractivity contribution is 6.21. The predicted molar refractivity (Wildman–Crippen MR) is 42.7 cm³/mol. The zero-order valence-corrected chi connectivity index (χ0v) is 6.68. The van der Waals surface area contributed by atoms with Crippen LogP contribution in [-0.2, 0) is 9.59 Å². The molecule has 0 aromatic rings. The van der Waals surface area contributed by atoms with Crippen LogP contribution in [0.2, 0.25) is 0 Å². The molecule has 2 N–H and O–H groups in total. The van der Waals surface area contributed by atoms with Crippen LogP contribution < -0.4 is 0 Å². The maximum absolute atomic E-state index is 11.4. The molecule has 0 saturated heterocycles. The number of aliphatic hydroxyl groups is 2. The van der Waals surface area contributed by atoms with E-state index in [1.807, 2.05) is 0 Å². The molecular weight excluding hydrogens is 172 g/mol. The molecular formula is C9H8O4. The fraction of sp³-hybridized carbons (Fsp3) is 0.333. The molecule has 2 unspecified atom stereocenters. The summed E-state index contributed by atoms with van der Waals surface area (Å²) >= 11 is 0. The second-order valence-corrected chi connectivity index (χ2v) is 3.21. The Morgan fingerprint density at radius 2 is 1.38 bits per heavy atom. The lowest BCUT2D eigenvalue weighted by Crippen LogP contribution is -2.30. The van der Waals surface area contributed by atoms with Crippen LogP contribution >= 0.6 is 0 Å². The first-order valence-electron chi connectivity index (χ1n) is 3.91. The Labute approximate surface area is 74.2 Å². The number of allylic oxidation sites excluding steroid dienone is 4. The highest BCUT2D eigenvalue weighted by Gasteiger charge is 2.57. The van der Waals surface area contributed by atoms with Crippen molar-refractivity contribution in [3.8, 4) is 0 Å². The van der Waals surface area contributed by atoms with Crippen molar-refractivity contribution in [2.75, 3.05) is 0 Å². The third-order valence-electron chi connectivity index (χ3n) is 2.48.